The highest BCUT2D eigenvalue weighted by Crippen LogP contribution is 2.27. The Balaban J connectivity index is 2.11. The van der Waals surface area contributed by atoms with E-state index in [0.29, 0.717) is 5.56 Å². The molecule has 2 rings (SSSR count). The molecule has 2 N–H and O–H groups in total. The molecular weight excluding hydrogens is 338 g/mol. The molecule has 0 spiro atoms. The number of nitro benzene ring substituents is 1. The number of halogens is 1. The van der Waals surface area contributed by atoms with Crippen LogP contribution in [0.5, 0.6) is 0 Å². The molecule has 0 radical (unpaired) electrons. The van der Waals surface area contributed by atoms with Crippen molar-refractivity contribution in [1.29, 1.82) is 0 Å². The van der Waals surface area contributed by atoms with Gasteiger partial charge in [0.05, 0.1) is 4.92 Å². The van der Waals surface area contributed by atoms with Crippen molar-refractivity contribution >= 4 is 46.2 Å². The van der Waals surface area contributed by atoms with E-state index in [1.54, 1.807) is 18.2 Å². The lowest BCUT2D eigenvalue weighted by atomic mass is 10.1. The zero-order valence-electron chi connectivity index (χ0n) is 12.0. The molecule has 6 nitrogen and oxygen atoms in total. The van der Waals surface area contributed by atoms with E-state index in [9.17, 15) is 14.9 Å². The van der Waals surface area contributed by atoms with Gasteiger partial charge in [0.25, 0.3) is 11.6 Å². The van der Waals surface area contributed by atoms with Crippen LogP contribution < -0.4 is 10.6 Å². The topological polar surface area (TPSA) is 84.3 Å². The van der Waals surface area contributed by atoms with Crippen LogP contribution in [0.1, 0.15) is 15.9 Å². The van der Waals surface area contributed by atoms with E-state index in [1.807, 2.05) is 13.0 Å². The number of nitrogens with zero attached hydrogens (tertiary/aromatic N) is 1. The van der Waals surface area contributed by atoms with Crippen LogP contribution >= 0.6 is 23.8 Å². The summed E-state index contributed by atoms with van der Waals surface area (Å²) < 4.78 is 0. The average Bonchev–Trinajstić information content (AvgIpc) is 2.48. The predicted molar refractivity (Wildman–Crippen MR) is 93.0 cm³/mol. The number of carbonyl (C=O) groups excluding carboxylic acids is 1. The number of anilines is 1. The third-order valence-corrected chi connectivity index (χ3v) is 3.35. The van der Waals surface area contributed by atoms with Crippen molar-refractivity contribution in [2.24, 2.45) is 0 Å². The molecule has 0 saturated heterocycles. The molecule has 0 aliphatic heterocycles. The Morgan fingerprint density at radius 3 is 2.65 bits per heavy atom. The minimum Gasteiger partial charge on any atom is -0.327 e. The smallest absolute Gasteiger partial charge is 0.294 e. The average molecular weight is 350 g/mol. The van der Waals surface area contributed by atoms with E-state index < -0.39 is 10.8 Å². The van der Waals surface area contributed by atoms with Gasteiger partial charge in [-0.2, -0.15) is 0 Å². The number of nitro groups is 1. The lowest BCUT2D eigenvalue weighted by molar-refractivity contribution is -0.383. The fraction of sp³-hybridized carbons (Fsp3) is 0.0667. The first kappa shape index (κ1) is 16.9. The highest BCUT2D eigenvalue weighted by Gasteiger charge is 2.16. The predicted octanol–water partition coefficient (Wildman–Crippen LogP) is 3.68. The van der Waals surface area contributed by atoms with Crippen LogP contribution in [-0.2, 0) is 0 Å². The summed E-state index contributed by atoms with van der Waals surface area (Å²) in [4.78, 5) is 22.5. The maximum atomic E-state index is 12.1. The van der Waals surface area contributed by atoms with E-state index in [4.69, 9.17) is 23.8 Å². The summed E-state index contributed by atoms with van der Waals surface area (Å²) in [6, 6.07) is 11.1. The van der Waals surface area contributed by atoms with E-state index in [-0.39, 0.29) is 21.5 Å². The minimum atomic E-state index is -0.584. The van der Waals surface area contributed by atoms with Crippen LogP contribution in [0.4, 0.5) is 11.4 Å². The number of thiocarbonyl (C=S) groups is 1. The van der Waals surface area contributed by atoms with Gasteiger partial charge in [0.2, 0.25) is 0 Å². The number of rotatable bonds is 3. The molecule has 0 aliphatic rings. The van der Waals surface area contributed by atoms with Gasteiger partial charge in [0.1, 0.15) is 5.69 Å². The van der Waals surface area contributed by atoms with Gasteiger partial charge in [-0.3, -0.25) is 20.2 Å². The number of aryl methyl sites for hydroxylation is 1. The Labute approximate surface area is 142 Å². The highest BCUT2D eigenvalue weighted by molar-refractivity contribution is 7.80. The third kappa shape index (κ3) is 4.48. The largest absolute Gasteiger partial charge is 0.327 e. The molecule has 0 aliphatic carbocycles. The van der Waals surface area contributed by atoms with Gasteiger partial charge < -0.3 is 5.32 Å². The van der Waals surface area contributed by atoms with E-state index in [0.717, 1.165) is 5.56 Å². The van der Waals surface area contributed by atoms with Gasteiger partial charge >= 0.3 is 0 Å². The molecule has 0 bridgehead atoms. The van der Waals surface area contributed by atoms with Crippen molar-refractivity contribution in [1.82, 2.24) is 5.32 Å². The molecule has 23 heavy (non-hydrogen) atoms. The number of carbonyl (C=O) groups is 1. The SMILES string of the molecule is Cc1cccc(C(=O)NC(=S)Nc2ccc(Cl)cc2[N+](=O)[O-])c1. The van der Waals surface area contributed by atoms with Crippen molar-refractivity contribution in [3.63, 3.8) is 0 Å². The highest BCUT2D eigenvalue weighted by atomic mass is 35.5. The second kappa shape index (κ2) is 7.17. The van der Waals surface area contributed by atoms with Crippen LogP contribution in [0.3, 0.4) is 0 Å². The molecule has 0 heterocycles. The second-order valence-electron chi connectivity index (χ2n) is 4.70. The van der Waals surface area contributed by atoms with Gasteiger partial charge in [0, 0.05) is 16.7 Å². The normalized spacial score (nSPS) is 10.0. The van der Waals surface area contributed by atoms with Crippen molar-refractivity contribution in [2.75, 3.05) is 5.32 Å². The van der Waals surface area contributed by atoms with Crippen molar-refractivity contribution < 1.29 is 9.72 Å². The molecule has 0 fully saturated rings. The summed E-state index contributed by atoms with van der Waals surface area (Å²) in [6.07, 6.45) is 0. The van der Waals surface area contributed by atoms with Crippen LogP contribution in [-0.4, -0.2) is 15.9 Å². The Morgan fingerprint density at radius 2 is 2.00 bits per heavy atom. The minimum absolute atomic E-state index is 0.0399. The molecule has 0 saturated carbocycles. The zero-order chi connectivity index (χ0) is 17.0. The van der Waals surface area contributed by atoms with Crippen molar-refractivity contribution in [3.8, 4) is 0 Å². The summed E-state index contributed by atoms with van der Waals surface area (Å²) in [5, 5.41) is 16.3. The molecule has 8 heteroatoms. The fourth-order valence-corrected chi connectivity index (χ4v) is 2.25. The van der Waals surface area contributed by atoms with E-state index in [1.165, 1.54) is 18.2 Å². The van der Waals surface area contributed by atoms with E-state index >= 15 is 0 Å². The van der Waals surface area contributed by atoms with Crippen LogP contribution in [0.25, 0.3) is 0 Å². The number of hydrogen-bond acceptors (Lipinski definition) is 4. The lowest BCUT2D eigenvalue weighted by Crippen LogP contribution is -2.34. The lowest BCUT2D eigenvalue weighted by Gasteiger charge is -2.10. The number of nitrogens with one attached hydrogen (secondary N) is 2. The zero-order valence-corrected chi connectivity index (χ0v) is 13.6. The first-order valence-corrected chi connectivity index (χ1v) is 7.28. The Bertz CT molecular complexity index is 795. The Kier molecular flexibility index (Phi) is 5.25. The van der Waals surface area contributed by atoms with Gasteiger partial charge in [-0.25, -0.2) is 0 Å². The third-order valence-electron chi connectivity index (χ3n) is 2.91. The van der Waals surface area contributed by atoms with Crippen molar-refractivity contribution in [3.05, 3.63) is 68.7 Å². The molecule has 118 valence electrons. The standard InChI is InChI=1S/C15H12ClN3O3S/c1-9-3-2-4-10(7-9)14(20)18-15(23)17-12-6-5-11(16)8-13(12)19(21)22/h2-8H,1H3,(H2,17,18,20,23). The molecule has 0 aromatic heterocycles. The maximum Gasteiger partial charge on any atom is 0.294 e. The maximum absolute atomic E-state index is 12.1. The summed E-state index contributed by atoms with van der Waals surface area (Å²) >= 11 is 10.8. The monoisotopic (exact) mass is 349 g/mol. The molecular formula is C15H12ClN3O3S. The molecule has 0 unspecified atom stereocenters. The first-order chi connectivity index (χ1) is 10.9. The summed E-state index contributed by atoms with van der Waals surface area (Å²) in [5.74, 6) is -0.400. The summed E-state index contributed by atoms with van der Waals surface area (Å²) in [7, 11) is 0. The van der Waals surface area contributed by atoms with E-state index in [2.05, 4.69) is 10.6 Å². The van der Waals surface area contributed by atoms with Gasteiger partial charge in [-0.15, -0.1) is 0 Å². The number of hydrogen-bond donors (Lipinski definition) is 2. The van der Waals surface area contributed by atoms with Crippen LogP contribution in [0, 0.1) is 17.0 Å². The quantitative estimate of drug-likeness (QED) is 0.501. The van der Waals surface area contributed by atoms with Crippen LogP contribution in [0.15, 0.2) is 42.5 Å². The molecule has 2 aromatic carbocycles. The fourth-order valence-electron chi connectivity index (χ4n) is 1.88. The van der Waals surface area contributed by atoms with Gasteiger partial charge in [-0.1, -0.05) is 29.3 Å². The molecule has 2 aromatic rings. The second-order valence-corrected chi connectivity index (χ2v) is 5.54. The Hall–Kier alpha value is -2.51. The van der Waals surface area contributed by atoms with Gasteiger partial charge in [0.15, 0.2) is 5.11 Å². The van der Waals surface area contributed by atoms with Gasteiger partial charge in [-0.05, 0) is 43.4 Å². The molecule has 1 amide bonds. The van der Waals surface area contributed by atoms with Crippen LogP contribution in [0.2, 0.25) is 5.02 Å². The summed E-state index contributed by atoms with van der Waals surface area (Å²) in [6.45, 7) is 1.87. The number of amides is 1. The summed E-state index contributed by atoms with van der Waals surface area (Å²) in [5.41, 5.74) is 1.29. The van der Waals surface area contributed by atoms with Crippen molar-refractivity contribution in [2.45, 2.75) is 6.92 Å². The molecule has 0 atom stereocenters. The first-order valence-electron chi connectivity index (χ1n) is 6.50. The Morgan fingerprint density at radius 1 is 1.26 bits per heavy atom. The number of benzene rings is 2.